The van der Waals surface area contributed by atoms with Gasteiger partial charge in [-0.2, -0.15) is 13.2 Å². The molecule has 30 heavy (non-hydrogen) atoms. The van der Waals surface area contributed by atoms with Gasteiger partial charge in [0, 0.05) is 28.3 Å². The van der Waals surface area contributed by atoms with E-state index in [-0.39, 0.29) is 17.8 Å². The maximum Gasteiger partial charge on any atom is 0.471 e. The SMILES string of the molecule is O=C1NC(=O)c2ccc(Br)cc2C1=CNCc1ccc(NC(=O)C(F)(F)F)c(O)c1. The number of aromatic hydroxyl groups is 1. The number of imide groups is 1. The van der Waals surface area contributed by atoms with E-state index in [0.717, 1.165) is 6.07 Å². The summed E-state index contributed by atoms with van der Waals surface area (Å²) in [5, 5.41) is 16.5. The summed E-state index contributed by atoms with van der Waals surface area (Å²) in [5.74, 6) is -3.85. The van der Waals surface area contributed by atoms with Gasteiger partial charge in [0.25, 0.3) is 11.8 Å². The first-order chi connectivity index (χ1) is 14.1. The number of fused-ring (bicyclic) bond motifs is 1. The van der Waals surface area contributed by atoms with Crippen LogP contribution in [0.4, 0.5) is 18.9 Å². The van der Waals surface area contributed by atoms with Crippen molar-refractivity contribution in [3.05, 3.63) is 63.8 Å². The Morgan fingerprint density at radius 1 is 1.10 bits per heavy atom. The third kappa shape index (κ3) is 4.62. The van der Waals surface area contributed by atoms with Crippen molar-refractivity contribution in [2.45, 2.75) is 12.7 Å². The number of phenols is 1. The maximum atomic E-state index is 12.3. The highest BCUT2D eigenvalue weighted by atomic mass is 79.9. The van der Waals surface area contributed by atoms with Crippen LogP contribution in [0.15, 0.2) is 47.1 Å². The second kappa shape index (κ2) is 8.19. The van der Waals surface area contributed by atoms with Crippen molar-refractivity contribution in [1.82, 2.24) is 10.6 Å². The summed E-state index contributed by atoms with van der Waals surface area (Å²) in [4.78, 5) is 35.1. The number of anilines is 1. The molecule has 1 aliphatic rings. The van der Waals surface area contributed by atoms with Crippen molar-refractivity contribution in [3.63, 3.8) is 0 Å². The van der Waals surface area contributed by atoms with E-state index in [9.17, 15) is 32.7 Å². The molecule has 0 aromatic heterocycles. The Morgan fingerprint density at radius 3 is 2.50 bits per heavy atom. The van der Waals surface area contributed by atoms with Gasteiger partial charge in [-0.25, -0.2) is 0 Å². The zero-order chi connectivity index (χ0) is 22.1. The Labute approximate surface area is 176 Å². The first-order valence-corrected chi connectivity index (χ1v) is 9.15. The molecule has 0 unspecified atom stereocenters. The van der Waals surface area contributed by atoms with Gasteiger partial charge in [-0.3, -0.25) is 19.7 Å². The van der Waals surface area contributed by atoms with Gasteiger partial charge >= 0.3 is 12.1 Å². The van der Waals surface area contributed by atoms with E-state index in [1.54, 1.807) is 23.5 Å². The van der Waals surface area contributed by atoms with Gasteiger partial charge in [0.05, 0.1) is 11.3 Å². The summed E-state index contributed by atoms with van der Waals surface area (Å²) in [6.45, 7) is 0.106. The summed E-state index contributed by atoms with van der Waals surface area (Å²) in [6, 6.07) is 8.56. The second-order valence-corrected chi connectivity index (χ2v) is 7.13. The standard InChI is InChI=1S/C19H13BrF3N3O4/c20-10-2-3-11-12(6-10)13(17(29)26-16(11)28)8-24-7-9-1-4-14(15(27)5-9)25-18(30)19(21,22)23/h1-6,8,24,27H,7H2,(H,25,30)(H,26,28,29). The molecule has 7 nitrogen and oxygen atoms in total. The van der Waals surface area contributed by atoms with Crippen molar-refractivity contribution < 1.29 is 32.7 Å². The number of rotatable bonds is 4. The van der Waals surface area contributed by atoms with Crippen molar-refractivity contribution >= 4 is 44.9 Å². The molecule has 0 aliphatic carbocycles. The van der Waals surface area contributed by atoms with Crippen LogP contribution in [-0.4, -0.2) is 29.0 Å². The van der Waals surface area contributed by atoms with Gasteiger partial charge < -0.3 is 15.7 Å². The highest BCUT2D eigenvalue weighted by Gasteiger charge is 2.39. The first kappa shape index (κ1) is 21.4. The van der Waals surface area contributed by atoms with Crippen LogP contribution in [0.5, 0.6) is 5.75 Å². The van der Waals surface area contributed by atoms with E-state index in [2.05, 4.69) is 26.6 Å². The van der Waals surface area contributed by atoms with Gasteiger partial charge in [-0.15, -0.1) is 0 Å². The summed E-state index contributed by atoms with van der Waals surface area (Å²) in [5.41, 5.74) is 1.05. The molecular formula is C19H13BrF3N3O4. The van der Waals surface area contributed by atoms with Crippen LogP contribution in [-0.2, 0) is 16.1 Å². The third-order valence-electron chi connectivity index (χ3n) is 4.11. The number of amides is 3. The number of carbonyl (C=O) groups excluding carboxylic acids is 3. The molecule has 4 N–H and O–H groups in total. The van der Waals surface area contributed by atoms with Crippen molar-refractivity contribution in [1.29, 1.82) is 0 Å². The average molecular weight is 484 g/mol. The number of alkyl halides is 3. The average Bonchev–Trinajstić information content (AvgIpc) is 2.65. The Hall–Kier alpha value is -3.34. The minimum absolute atomic E-state index is 0.106. The quantitative estimate of drug-likeness (QED) is 0.303. The van der Waals surface area contributed by atoms with Crippen LogP contribution in [0.25, 0.3) is 5.57 Å². The van der Waals surface area contributed by atoms with Gasteiger partial charge in [0.15, 0.2) is 0 Å². The first-order valence-electron chi connectivity index (χ1n) is 8.35. The third-order valence-corrected chi connectivity index (χ3v) is 4.60. The number of hydrogen-bond acceptors (Lipinski definition) is 5. The highest BCUT2D eigenvalue weighted by Crippen LogP contribution is 2.28. The molecule has 1 heterocycles. The van der Waals surface area contributed by atoms with Crippen LogP contribution >= 0.6 is 15.9 Å². The largest absolute Gasteiger partial charge is 0.506 e. The summed E-state index contributed by atoms with van der Waals surface area (Å²) >= 11 is 3.29. The lowest BCUT2D eigenvalue weighted by Gasteiger charge is -2.18. The number of nitrogens with one attached hydrogen (secondary N) is 3. The Balaban J connectivity index is 1.74. The topological polar surface area (TPSA) is 108 Å². The Kier molecular flexibility index (Phi) is 5.83. The zero-order valence-electron chi connectivity index (χ0n) is 14.9. The molecule has 0 bridgehead atoms. The number of carbonyl (C=O) groups is 3. The number of halogens is 4. The van der Waals surface area contributed by atoms with Gasteiger partial charge in [0.2, 0.25) is 0 Å². The molecule has 0 radical (unpaired) electrons. The monoisotopic (exact) mass is 483 g/mol. The highest BCUT2D eigenvalue weighted by molar-refractivity contribution is 9.10. The van der Waals surface area contributed by atoms with E-state index in [0.29, 0.717) is 21.2 Å². The van der Waals surface area contributed by atoms with E-state index in [4.69, 9.17) is 0 Å². The molecule has 3 amide bonds. The molecule has 0 fully saturated rings. The molecular weight excluding hydrogens is 471 g/mol. The minimum atomic E-state index is -5.08. The lowest BCUT2D eigenvalue weighted by molar-refractivity contribution is -0.167. The lowest BCUT2D eigenvalue weighted by atomic mass is 9.95. The summed E-state index contributed by atoms with van der Waals surface area (Å²) in [6.07, 6.45) is -3.68. The van der Waals surface area contributed by atoms with Crippen LogP contribution in [0.1, 0.15) is 21.5 Å². The van der Waals surface area contributed by atoms with E-state index in [1.807, 2.05) is 0 Å². The van der Waals surface area contributed by atoms with Crippen LogP contribution < -0.4 is 16.0 Å². The van der Waals surface area contributed by atoms with E-state index in [1.165, 1.54) is 18.3 Å². The second-order valence-electron chi connectivity index (χ2n) is 6.22. The minimum Gasteiger partial charge on any atom is -0.506 e. The van der Waals surface area contributed by atoms with Crippen LogP contribution in [0, 0.1) is 0 Å². The normalized spacial score (nSPS) is 14.9. The van der Waals surface area contributed by atoms with Crippen molar-refractivity contribution in [2.75, 3.05) is 5.32 Å². The molecule has 2 aromatic rings. The Morgan fingerprint density at radius 2 is 1.83 bits per heavy atom. The Bertz CT molecular complexity index is 1080. The molecule has 0 atom stereocenters. The predicted molar refractivity (Wildman–Crippen MR) is 104 cm³/mol. The fourth-order valence-electron chi connectivity index (χ4n) is 2.70. The van der Waals surface area contributed by atoms with Crippen molar-refractivity contribution in [2.24, 2.45) is 0 Å². The lowest BCUT2D eigenvalue weighted by Crippen LogP contribution is -2.37. The van der Waals surface area contributed by atoms with Crippen LogP contribution in [0.3, 0.4) is 0 Å². The summed E-state index contributed by atoms with van der Waals surface area (Å²) in [7, 11) is 0. The molecule has 11 heteroatoms. The van der Waals surface area contributed by atoms with E-state index >= 15 is 0 Å². The molecule has 2 aromatic carbocycles. The van der Waals surface area contributed by atoms with Gasteiger partial charge in [-0.05, 0) is 35.9 Å². The predicted octanol–water partition coefficient (Wildman–Crippen LogP) is 3.06. The molecule has 1 aliphatic heterocycles. The fraction of sp³-hybridized carbons (Fsp3) is 0.105. The van der Waals surface area contributed by atoms with E-state index < -0.39 is 29.6 Å². The molecule has 0 spiro atoms. The molecule has 156 valence electrons. The zero-order valence-corrected chi connectivity index (χ0v) is 16.5. The number of benzene rings is 2. The van der Waals surface area contributed by atoms with Crippen LogP contribution in [0.2, 0.25) is 0 Å². The molecule has 0 saturated heterocycles. The smallest absolute Gasteiger partial charge is 0.471 e. The maximum absolute atomic E-state index is 12.3. The summed E-state index contributed by atoms with van der Waals surface area (Å²) < 4.78 is 37.6. The number of hydrogen-bond donors (Lipinski definition) is 4. The van der Waals surface area contributed by atoms with Gasteiger partial charge in [-0.1, -0.05) is 22.0 Å². The number of phenolic OH excluding ortho intramolecular Hbond substituents is 1. The molecule has 3 rings (SSSR count). The van der Waals surface area contributed by atoms with Crippen molar-refractivity contribution in [3.8, 4) is 5.75 Å². The fourth-order valence-corrected chi connectivity index (χ4v) is 3.06. The molecule has 0 saturated carbocycles. The van der Waals surface area contributed by atoms with Gasteiger partial charge in [0.1, 0.15) is 5.75 Å².